The molecule has 676 valence electrons. The average molecular weight is 1830 g/mol. The topological polar surface area (TPSA) is 453 Å². The maximum absolute atomic E-state index is 14.2. The van der Waals surface area contributed by atoms with Crippen molar-refractivity contribution in [2.24, 2.45) is 0 Å². The van der Waals surface area contributed by atoms with Gasteiger partial charge in [0, 0.05) is 205 Å². The van der Waals surface area contributed by atoms with Crippen molar-refractivity contribution < 1.29 is 71.1 Å². The second-order valence-electron chi connectivity index (χ2n) is 30.1. The summed E-state index contributed by atoms with van der Waals surface area (Å²) in [6.07, 6.45) is 0. The number of halogens is 3. The number of H-pyrrole nitrogens is 4. The van der Waals surface area contributed by atoms with E-state index in [2.05, 4.69) is 63.0 Å². The van der Waals surface area contributed by atoms with Crippen LogP contribution in [-0.4, -0.2) is 232 Å². The summed E-state index contributed by atoms with van der Waals surface area (Å²) in [7, 11) is 0.0576. The number of anilines is 5. The van der Waals surface area contributed by atoms with Gasteiger partial charge < -0.3 is 66.7 Å². The number of benzene rings is 8. The minimum absolute atomic E-state index is 0. The lowest BCUT2D eigenvalue weighted by Crippen LogP contribution is -2.45. The Morgan fingerprint density at radius 1 is 0.370 bits per heavy atom. The molecule has 40 heteroatoms. The Morgan fingerprint density at radius 2 is 0.646 bits per heavy atom. The second kappa shape index (κ2) is 42.1. The smallest absolute Gasteiger partial charge is 0.338 e. The predicted octanol–water partition coefficient (Wildman–Crippen LogP) is 9.40. The zero-order valence-electron chi connectivity index (χ0n) is 71.3. The molecule has 33 nitrogen and oxygen atoms in total. The highest BCUT2D eigenvalue weighted by molar-refractivity contribution is 7.90. The molecule has 2 saturated heterocycles. The van der Waals surface area contributed by atoms with Gasteiger partial charge in [0.25, 0.3) is 17.7 Å². The number of fused-ring (bicyclic) bond motifs is 4. The van der Waals surface area contributed by atoms with E-state index in [1.165, 1.54) is 93.7 Å². The van der Waals surface area contributed by atoms with Gasteiger partial charge in [-0.15, -0.1) is 0 Å². The van der Waals surface area contributed by atoms with Crippen molar-refractivity contribution in [3.63, 3.8) is 0 Å². The molecule has 0 atom stereocenters. The first-order chi connectivity index (χ1) is 59.1. The van der Waals surface area contributed by atoms with Crippen molar-refractivity contribution in [1.29, 1.82) is 0 Å². The van der Waals surface area contributed by atoms with Crippen LogP contribution >= 0.6 is 0 Å². The van der Waals surface area contributed by atoms with E-state index in [9.17, 15) is 85.2 Å². The number of carbonyl (C=O) groups is 4. The van der Waals surface area contributed by atoms with Crippen molar-refractivity contribution in [3.05, 3.63) is 273 Å². The number of piperazine rings is 2. The molecule has 6 heterocycles. The standard InChI is InChI=1S/C24H29N5O4S.2C19H18FN3O4S.C10H10N2O.C9H10FNO4S.C5H12N2.CH4/c1-16-13-23(30)26-21-7-5-17(14-19(16)21)25-24(31)20-15-18(34(32,33)27(2)3)6-8-22(20)29-11-9-28(4)10-12-29;2*1-11-8-18(24)22-17-7-4-12(9-14(11)17)21-19(25)15-10-13(5-6-16(15)20)28(26,27)23(2)3;1-6-4-10(13)12-9-3-2-7(11)5-8(6)9;1-11(2)16(14,15)6-3-4-8(10)7(5-6)9(12)13;1-7-4-2-6-3-5-7;/h5-8,13-15H,9-12H2,1-4H3,(H,25,31)(H,26,30);2*4-10H,1-3H3,(H,21,25)(H,22,24);2-5H,11H2,1H3,(H,12,13);3-5H,1-2H3,(H,12,13);6H,2-5H2,1H3;1H4. The number of sulfonamides is 4. The number of nitrogens with zero attached hydrogens (tertiary/aromatic N) is 7. The van der Waals surface area contributed by atoms with E-state index in [1.807, 2.05) is 33.0 Å². The molecule has 8 aromatic carbocycles. The van der Waals surface area contributed by atoms with Gasteiger partial charge in [0.2, 0.25) is 62.3 Å². The van der Waals surface area contributed by atoms with Crippen LogP contribution in [0.25, 0.3) is 43.6 Å². The molecule has 0 saturated carbocycles. The second-order valence-corrected chi connectivity index (χ2v) is 38.7. The fourth-order valence-electron chi connectivity index (χ4n) is 12.8. The maximum atomic E-state index is 14.2. The maximum Gasteiger partial charge on any atom is 0.338 e. The van der Waals surface area contributed by atoms with Crippen LogP contribution in [0.3, 0.4) is 0 Å². The minimum Gasteiger partial charge on any atom is -0.478 e. The van der Waals surface area contributed by atoms with Gasteiger partial charge in [0.15, 0.2) is 0 Å². The average Bonchev–Trinajstić information content (AvgIpc) is 0.783. The van der Waals surface area contributed by atoms with Gasteiger partial charge in [-0.2, -0.15) is 0 Å². The van der Waals surface area contributed by atoms with Crippen molar-refractivity contribution in [2.45, 2.75) is 54.7 Å². The van der Waals surface area contributed by atoms with Crippen LogP contribution in [0, 0.1) is 45.1 Å². The summed E-state index contributed by atoms with van der Waals surface area (Å²) < 4.78 is 143. The fourth-order valence-corrected chi connectivity index (χ4v) is 16.6. The SMILES string of the molecule is C.CN(C)S(=O)(=O)c1ccc(F)c(C(=O)O)c1.CN1CCNCC1.Cc1cc(=O)[nH]c2ccc(N)cc12.Cc1cc(=O)[nH]c2ccc(NC(=O)c3cc(S(=O)(=O)N(C)C)ccc3F)cc12.Cc1cc(=O)[nH]c2ccc(NC(=O)c3cc(S(=O)(=O)N(C)C)ccc3F)cc12.Cc1cc(=O)[nH]c2ccc(NC(=O)c3cc(S(=O)(=O)N(C)C)ccc3N3CCN(C)CC3)cc12. The van der Waals surface area contributed by atoms with E-state index < -0.39 is 86.8 Å². The van der Waals surface area contributed by atoms with Gasteiger partial charge in [-0.25, -0.2) is 68.9 Å². The van der Waals surface area contributed by atoms with Crippen LogP contribution in [-0.2, 0) is 40.1 Å². The number of nitrogens with one attached hydrogen (secondary N) is 8. The van der Waals surface area contributed by atoms with Gasteiger partial charge in [0.1, 0.15) is 17.5 Å². The Bertz CT molecular complexity index is 6720. The molecule has 0 spiro atoms. The molecule has 0 bridgehead atoms. The highest BCUT2D eigenvalue weighted by Crippen LogP contribution is 2.31. The summed E-state index contributed by atoms with van der Waals surface area (Å²) in [5, 5.41) is 23.2. The largest absolute Gasteiger partial charge is 0.478 e. The van der Waals surface area contributed by atoms with E-state index in [4.69, 9.17) is 10.8 Å². The van der Waals surface area contributed by atoms with Gasteiger partial charge in [0.05, 0.1) is 41.8 Å². The number of hydrogen-bond acceptors (Lipinski definition) is 21. The summed E-state index contributed by atoms with van der Waals surface area (Å²) in [5.74, 6) is -6.11. The van der Waals surface area contributed by atoms with Crippen molar-refractivity contribution in [1.82, 2.24) is 52.3 Å². The number of hydrogen-bond donors (Lipinski definition) is 10. The van der Waals surface area contributed by atoms with E-state index in [1.54, 1.807) is 92.7 Å². The van der Waals surface area contributed by atoms with Gasteiger partial charge >= 0.3 is 5.97 Å². The molecule has 2 fully saturated rings. The lowest BCUT2D eigenvalue weighted by atomic mass is 10.1. The summed E-state index contributed by atoms with van der Waals surface area (Å²) in [6, 6.07) is 39.8. The van der Waals surface area contributed by atoms with Crippen LogP contribution in [0.4, 0.5) is 41.6 Å². The number of aromatic carboxylic acids is 1. The van der Waals surface area contributed by atoms with Crippen LogP contribution in [0.1, 0.15) is 71.1 Å². The fraction of sp³-hybridized carbons (Fsp3) is 0.264. The van der Waals surface area contributed by atoms with Crippen LogP contribution < -0.4 is 54.1 Å². The monoisotopic (exact) mass is 1830 g/mol. The number of aryl methyl sites for hydroxylation is 4. The molecule has 12 aromatic rings. The third-order valence-corrected chi connectivity index (χ3v) is 27.3. The van der Waals surface area contributed by atoms with Crippen molar-refractivity contribution >= 4 is 136 Å². The third kappa shape index (κ3) is 25.0. The Labute approximate surface area is 732 Å². The first-order valence-corrected chi connectivity index (χ1v) is 44.4. The van der Waals surface area contributed by atoms with Gasteiger partial charge in [-0.3, -0.25) is 33.6 Å². The van der Waals surface area contributed by atoms with E-state index in [-0.39, 0.29) is 60.4 Å². The number of nitrogens with two attached hydrogens (primary N) is 1. The predicted molar refractivity (Wildman–Crippen MR) is 488 cm³/mol. The first-order valence-electron chi connectivity index (χ1n) is 38.6. The number of carboxylic acids is 1. The Morgan fingerprint density at radius 3 is 0.953 bits per heavy atom. The Kier molecular flexibility index (Phi) is 33.1. The molecule has 11 N–H and O–H groups in total. The molecular formula is C87H101F3N16O17S4. The number of aromatic nitrogens is 4. The number of carbonyl (C=O) groups excluding carboxylic acids is 3. The van der Waals surface area contributed by atoms with E-state index in [0.29, 0.717) is 50.6 Å². The molecule has 127 heavy (non-hydrogen) atoms. The quantitative estimate of drug-likeness (QED) is 0.0402. The highest BCUT2D eigenvalue weighted by Gasteiger charge is 2.28. The molecule has 0 aliphatic carbocycles. The first kappa shape index (κ1) is 99.8. The van der Waals surface area contributed by atoms with Gasteiger partial charge in [-0.05, 0) is 210 Å². The number of nitrogen functional groups attached to an aromatic ring is 1. The lowest BCUT2D eigenvalue weighted by molar-refractivity contribution is 0.0690. The van der Waals surface area contributed by atoms with Crippen molar-refractivity contribution in [3.8, 4) is 0 Å². The number of pyridine rings is 4. The molecule has 2 aliphatic heterocycles. The van der Waals surface area contributed by atoms with E-state index in [0.717, 1.165) is 160 Å². The lowest BCUT2D eigenvalue weighted by Gasteiger charge is -2.35. The number of rotatable bonds is 16. The highest BCUT2D eigenvalue weighted by atomic mass is 32.2. The number of likely N-dealkylation sites (N-methyl/N-ethyl adjacent to an activating group) is 2. The van der Waals surface area contributed by atoms with E-state index >= 15 is 0 Å². The Hall–Kier alpha value is -12.6. The third-order valence-electron chi connectivity index (χ3n) is 20.0. The summed E-state index contributed by atoms with van der Waals surface area (Å²) >= 11 is 0. The normalized spacial score (nSPS) is 13.2. The van der Waals surface area contributed by atoms with Crippen molar-refractivity contribution in [2.75, 3.05) is 149 Å². The van der Waals surface area contributed by atoms with Crippen LogP contribution in [0.5, 0.6) is 0 Å². The zero-order chi connectivity index (χ0) is 92.9. The Balaban J connectivity index is 0.000000198. The number of aromatic amines is 4. The van der Waals surface area contributed by atoms with Crippen LogP contribution in [0.2, 0.25) is 0 Å². The summed E-state index contributed by atoms with van der Waals surface area (Å²) in [6.45, 7) is 15.2. The summed E-state index contributed by atoms with van der Waals surface area (Å²) in [4.78, 5) is 112. The number of carboxylic acid groups (broad SMARTS) is 1. The molecule has 4 aromatic heterocycles. The van der Waals surface area contributed by atoms with Crippen LogP contribution in [0.15, 0.2) is 209 Å². The zero-order valence-corrected chi connectivity index (χ0v) is 74.5. The number of amides is 3. The molecule has 14 rings (SSSR count). The molecule has 0 radical (unpaired) electrons. The molecule has 3 amide bonds. The molecule has 2 aliphatic rings. The molecular weight excluding hydrogens is 1730 g/mol. The van der Waals surface area contributed by atoms with Gasteiger partial charge in [-0.1, -0.05) is 7.43 Å². The summed E-state index contributed by atoms with van der Waals surface area (Å²) in [5.41, 5.74) is 12.4. The minimum atomic E-state index is -3.81. The molecule has 0 unspecified atom stereocenters.